The minimum absolute atomic E-state index is 0.0270. The van der Waals surface area contributed by atoms with Crippen LogP contribution in [0, 0.1) is 40.4 Å². The zero-order valence-electron chi connectivity index (χ0n) is 17.2. The van der Waals surface area contributed by atoms with Crippen LogP contribution in [0.3, 0.4) is 0 Å². The summed E-state index contributed by atoms with van der Waals surface area (Å²) in [6, 6.07) is 0. The predicted molar refractivity (Wildman–Crippen MR) is 107 cm³/mol. The highest BCUT2D eigenvalue weighted by Crippen LogP contribution is 2.66. The molecule has 0 aliphatic heterocycles. The number of carbonyl (C=O) groups is 3. The van der Waals surface area contributed by atoms with E-state index in [1.54, 1.807) is 0 Å². The smallest absolute Gasteiger partial charge is 0.162 e. The van der Waals surface area contributed by atoms with E-state index in [2.05, 4.69) is 13.8 Å². The number of carbonyl (C=O) groups excluding carboxylic acids is 3. The molecule has 5 heteroatoms. The van der Waals surface area contributed by atoms with Gasteiger partial charge in [0, 0.05) is 37.0 Å². The summed E-state index contributed by atoms with van der Waals surface area (Å²) >= 11 is 5.65. The summed E-state index contributed by atoms with van der Waals surface area (Å²) in [6.45, 7) is 4.97. The van der Waals surface area contributed by atoms with Crippen molar-refractivity contribution in [3.8, 4) is 0 Å². The van der Waals surface area contributed by atoms with Crippen molar-refractivity contribution in [1.82, 2.24) is 0 Å². The Morgan fingerprint density at radius 1 is 1.14 bits per heavy atom. The first-order valence-corrected chi connectivity index (χ1v) is 11.6. The maximum atomic E-state index is 13.5. The maximum Gasteiger partial charge on any atom is 0.162 e. The van der Waals surface area contributed by atoms with Crippen molar-refractivity contribution in [2.24, 2.45) is 40.4 Å². The molecule has 0 amide bonds. The molecule has 4 aliphatic rings. The lowest BCUT2D eigenvalue weighted by Gasteiger charge is -2.59. The van der Waals surface area contributed by atoms with Crippen LogP contribution in [0.2, 0.25) is 0 Å². The van der Waals surface area contributed by atoms with Gasteiger partial charge in [-0.1, -0.05) is 13.8 Å². The molecule has 4 rings (SSSR count). The molecule has 4 saturated carbocycles. The van der Waals surface area contributed by atoms with Gasteiger partial charge in [0.2, 0.25) is 0 Å². The molecule has 0 heterocycles. The number of hydrogen-bond donors (Lipinski definition) is 0. The summed E-state index contributed by atoms with van der Waals surface area (Å²) in [4.78, 5) is 38.4. The molecule has 0 spiro atoms. The number of fused-ring (bicyclic) bond motifs is 5. The quantitative estimate of drug-likeness (QED) is 0.504. The molecule has 0 aromatic carbocycles. The molecular formula is C23H33ClO4. The molecule has 4 fully saturated rings. The van der Waals surface area contributed by atoms with E-state index < -0.39 is 0 Å². The summed E-state index contributed by atoms with van der Waals surface area (Å²) in [5, 5.41) is 0. The molecule has 0 bridgehead atoms. The minimum Gasteiger partial charge on any atom is -0.372 e. The van der Waals surface area contributed by atoms with E-state index in [1.165, 1.54) is 0 Å². The molecule has 0 unspecified atom stereocenters. The average molecular weight is 409 g/mol. The number of alkyl halides is 1. The van der Waals surface area contributed by atoms with E-state index in [-0.39, 0.29) is 35.1 Å². The van der Waals surface area contributed by atoms with Gasteiger partial charge in [0.15, 0.2) is 5.78 Å². The fourth-order valence-electron chi connectivity index (χ4n) is 7.72. The van der Waals surface area contributed by atoms with Crippen LogP contribution in [0.1, 0.15) is 65.2 Å². The van der Waals surface area contributed by atoms with Crippen molar-refractivity contribution in [1.29, 1.82) is 0 Å². The first-order valence-electron chi connectivity index (χ1n) is 11.0. The van der Waals surface area contributed by atoms with Crippen LogP contribution in [0.25, 0.3) is 0 Å². The molecule has 0 aromatic heterocycles. The van der Waals surface area contributed by atoms with Gasteiger partial charge < -0.3 is 4.74 Å². The van der Waals surface area contributed by atoms with Crippen molar-refractivity contribution in [2.75, 3.05) is 19.1 Å². The van der Waals surface area contributed by atoms with Gasteiger partial charge in [0.1, 0.15) is 18.2 Å². The van der Waals surface area contributed by atoms with Crippen molar-refractivity contribution in [3.63, 3.8) is 0 Å². The second kappa shape index (κ2) is 7.50. The van der Waals surface area contributed by atoms with E-state index in [9.17, 15) is 14.4 Å². The Morgan fingerprint density at radius 3 is 2.68 bits per heavy atom. The molecule has 0 saturated heterocycles. The van der Waals surface area contributed by atoms with Gasteiger partial charge in [-0.2, -0.15) is 0 Å². The van der Waals surface area contributed by atoms with Gasteiger partial charge in [-0.25, -0.2) is 0 Å². The van der Waals surface area contributed by atoms with Crippen molar-refractivity contribution in [2.45, 2.75) is 65.2 Å². The average Bonchev–Trinajstić information content (AvgIpc) is 2.98. The molecule has 28 heavy (non-hydrogen) atoms. The summed E-state index contributed by atoms with van der Waals surface area (Å²) in [5.74, 6) is 2.45. The number of Topliss-reactive ketones (excluding diaryl/α,β-unsaturated/α-hetero) is 3. The molecule has 7 atom stereocenters. The molecular weight excluding hydrogens is 376 g/mol. The Labute approximate surface area is 173 Å². The van der Waals surface area contributed by atoms with Crippen LogP contribution in [0.4, 0.5) is 0 Å². The lowest BCUT2D eigenvalue weighted by molar-refractivity contribution is -0.162. The van der Waals surface area contributed by atoms with E-state index in [4.69, 9.17) is 16.3 Å². The van der Waals surface area contributed by atoms with Gasteiger partial charge in [-0.15, -0.1) is 11.6 Å². The zero-order valence-corrected chi connectivity index (χ0v) is 17.9. The monoisotopic (exact) mass is 408 g/mol. The zero-order chi connectivity index (χ0) is 20.1. The van der Waals surface area contributed by atoms with E-state index in [0.717, 1.165) is 32.1 Å². The van der Waals surface area contributed by atoms with Crippen LogP contribution >= 0.6 is 11.6 Å². The number of ketones is 3. The van der Waals surface area contributed by atoms with Crippen LogP contribution in [-0.4, -0.2) is 36.4 Å². The van der Waals surface area contributed by atoms with Crippen LogP contribution in [0.5, 0.6) is 0 Å². The molecule has 0 aromatic rings. The third-order valence-corrected chi connectivity index (χ3v) is 9.17. The normalized spacial score (nSPS) is 45.3. The number of ether oxygens (including phenoxy) is 1. The van der Waals surface area contributed by atoms with Crippen molar-refractivity contribution in [3.05, 3.63) is 0 Å². The topological polar surface area (TPSA) is 60.4 Å². The molecule has 4 aliphatic carbocycles. The second-order valence-electron chi connectivity index (χ2n) is 10.3. The number of hydrogen-bond acceptors (Lipinski definition) is 4. The summed E-state index contributed by atoms with van der Waals surface area (Å²) in [7, 11) is 0. The summed E-state index contributed by atoms with van der Waals surface area (Å²) in [5.41, 5.74) is -0.256. The van der Waals surface area contributed by atoms with Gasteiger partial charge in [-0.05, 0) is 60.7 Å². The second-order valence-corrected chi connectivity index (χ2v) is 10.6. The lowest BCUT2D eigenvalue weighted by Crippen LogP contribution is -2.57. The highest BCUT2D eigenvalue weighted by atomic mass is 35.5. The first-order chi connectivity index (χ1) is 13.3. The number of halogens is 1. The van der Waals surface area contributed by atoms with Crippen LogP contribution in [0.15, 0.2) is 0 Å². The molecule has 156 valence electrons. The maximum absolute atomic E-state index is 13.5. The molecule has 0 N–H and O–H groups in total. The van der Waals surface area contributed by atoms with Gasteiger partial charge in [0.25, 0.3) is 0 Å². The van der Waals surface area contributed by atoms with Gasteiger partial charge >= 0.3 is 0 Å². The van der Waals surface area contributed by atoms with Gasteiger partial charge in [0.05, 0.1) is 6.61 Å². The van der Waals surface area contributed by atoms with Crippen molar-refractivity contribution >= 4 is 29.0 Å². The lowest BCUT2D eigenvalue weighted by atomic mass is 9.44. The predicted octanol–water partition coefficient (Wildman–Crippen LogP) is 4.22. The fraction of sp³-hybridized carbons (Fsp3) is 0.870. The fourth-order valence-corrected chi connectivity index (χ4v) is 7.83. The van der Waals surface area contributed by atoms with E-state index >= 15 is 0 Å². The summed E-state index contributed by atoms with van der Waals surface area (Å²) in [6.07, 6.45) is 6.67. The SMILES string of the molecule is C[C@]12CCC(=O)C[C@@H]1CC[C@H]1[C@@H]3CC[C@H](C(=O)COCCCl)[C@@]3(C)CC(=O)[C@@H]12. The Bertz CT molecular complexity index is 676. The van der Waals surface area contributed by atoms with Gasteiger partial charge in [-0.3, -0.25) is 14.4 Å². The Morgan fingerprint density at radius 2 is 1.93 bits per heavy atom. The minimum atomic E-state index is -0.229. The Hall–Kier alpha value is -0.740. The summed E-state index contributed by atoms with van der Waals surface area (Å²) < 4.78 is 5.41. The van der Waals surface area contributed by atoms with E-state index in [0.29, 0.717) is 61.1 Å². The third kappa shape index (κ3) is 3.10. The standard InChI is InChI=1S/C23H33ClO4/c1-22-8-7-15(25)11-14(22)3-4-16-17-5-6-18(20(27)13-28-10-9-24)23(17,2)12-19(26)21(16)22/h14,16-18,21H,3-13H2,1-2H3/t14-,16-,17-,18+,21+,22-,23-/m0/s1. The molecule has 4 nitrogen and oxygen atoms in total. The first kappa shape index (κ1) is 20.5. The third-order valence-electron chi connectivity index (χ3n) is 9.02. The van der Waals surface area contributed by atoms with Crippen molar-refractivity contribution < 1.29 is 19.1 Å². The largest absolute Gasteiger partial charge is 0.372 e. The van der Waals surface area contributed by atoms with Crippen LogP contribution < -0.4 is 0 Å². The Kier molecular flexibility index (Phi) is 5.50. The number of rotatable bonds is 5. The highest BCUT2D eigenvalue weighted by molar-refractivity contribution is 6.18. The highest BCUT2D eigenvalue weighted by Gasteiger charge is 2.64. The molecule has 0 radical (unpaired) electrons. The van der Waals surface area contributed by atoms with E-state index in [1.807, 2.05) is 0 Å². The Balaban J connectivity index is 1.56. The van der Waals surface area contributed by atoms with Crippen LogP contribution in [-0.2, 0) is 19.1 Å².